The van der Waals surface area contributed by atoms with Gasteiger partial charge in [0.15, 0.2) is 0 Å². The van der Waals surface area contributed by atoms with E-state index in [-0.39, 0.29) is 29.6 Å². The molecule has 0 saturated heterocycles. The van der Waals surface area contributed by atoms with E-state index >= 15 is 0 Å². The molecular weight excluding hydrogens is 394 g/mol. The van der Waals surface area contributed by atoms with E-state index < -0.39 is 41.0 Å². The van der Waals surface area contributed by atoms with Crippen molar-refractivity contribution in [2.75, 3.05) is 10.6 Å². The molecule has 28 heavy (non-hydrogen) atoms. The minimum Gasteiger partial charge on any atom is -0.506 e. The first-order valence-electron chi connectivity index (χ1n) is 7.49. The SMILES string of the molecule is Cc1ccc(NC(=O)C(=O)Nc2cc(C(F)(F)F)cc(C(F)(F)F)c2)c(O)c1. The van der Waals surface area contributed by atoms with Gasteiger partial charge in [-0.25, -0.2) is 0 Å². The second-order valence-corrected chi connectivity index (χ2v) is 5.72. The van der Waals surface area contributed by atoms with E-state index in [1.807, 2.05) is 5.32 Å². The summed E-state index contributed by atoms with van der Waals surface area (Å²) in [7, 11) is 0. The second kappa shape index (κ2) is 7.41. The van der Waals surface area contributed by atoms with Crippen LogP contribution in [0.3, 0.4) is 0 Å². The molecule has 2 rings (SSSR count). The molecule has 0 heterocycles. The number of halogens is 6. The van der Waals surface area contributed by atoms with E-state index in [1.54, 1.807) is 12.2 Å². The lowest BCUT2D eigenvalue weighted by molar-refractivity contribution is -0.143. The van der Waals surface area contributed by atoms with Crippen molar-refractivity contribution < 1.29 is 41.0 Å². The zero-order valence-electron chi connectivity index (χ0n) is 14.0. The number of aryl methyl sites for hydroxylation is 1. The molecule has 0 fully saturated rings. The van der Waals surface area contributed by atoms with Gasteiger partial charge in [-0.3, -0.25) is 9.59 Å². The van der Waals surface area contributed by atoms with Gasteiger partial charge in [-0.2, -0.15) is 26.3 Å². The molecule has 2 aromatic carbocycles. The summed E-state index contributed by atoms with van der Waals surface area (Å²) in [5.74, 6) is -3.29. The van der Waals surface area contributed by atoms with E-state index in [4.69, 9.17) is 0 Å². The summed E-state index contributed by atoms with van der Waals surface area (Å²) in [6.45, 7) is 1.64. The van der Waals surface area contributed by atoms with E-state index in [9.17, 15) is 41.0 Å². The standard InChI is InChI=1S/C17H12F6N2O3/c1-8-2-3-12(13(26)4-8)25-15(28)14(27)24-11-6-9(16(18,19)20)5-10(7-11)17(21,22)23/h2-7,26H,1H3,(H,24,27)(H,25,28). The first kappa shape index (κ1) is 21.1. The summed E-state index contributed by atoms with van der Waals surface area (Å²) >= 11 is 0. The van der Waals surface area contributed by atoms with Crippen molar-refractivity contribution in [3.8, 4) is 5.75 Å². The molecule has 11 heteroatoms. The van der Waals surface area contributed by atoms with Crippen LogP contribution in [0.15, 0.2) is 36.4 Å². The number of aromatic hydroxyl groups is 1. The van der Waals surface area contributed by atoms with Crippen molar-refractivity contribution in [1.29, 1.82) is 0 Å². The number of alkyl halides is 6. The van der Waals surface area contributed by atoms with Crippen LogP contribution in [0.25, 0.3) is 0 Å². The summed E-state index contributed by atoms with van der Waals surface area (Å²) in [5.41, 5.74) is -3.67. The van der Waals surface area contributed by atoms with Crippen LogP contribution in [-0.2, 0) is 21.9 Å². The first-order valence-corrected chi connectivity index (χ1v) is 7.49. The summed E-state index contributed by atoms with van der Waals surface area (Å²) in [6.07, 6.45) is -10.2. The molecular formula is C17H12F6N2O3. The molecule has 0 aliphatic carbocycles. The molecule has 0 spiro atoms. The second-order valence-electron chi connectivity index (χ2n) is 5.72. The molecule has 2 aromatic rings. The first-order chi connectivity index (χ1) is 12.8. The lowest BCUT2D eigenvalue weighted by Gasteiger charge is -2.14. The van der Waals surface area contributed by atoms with Crippen LogP contribution in [0.5, 0.6) is 5.75 Å². The van der Waals surface area contributed by atoms with Crippen molar-refractivity contribution in [2.45, 2.75) is 19.3 Å². The van der Waals surface area contributed by atoms with Crippen LogP contribution in [0.4, 0.5) is 37.7 Å². The average Bonchev–Trinajstić information content (AvgIpc) is 2.55. The van der Waals surface area contributed by atoms with E-state index in [0.29, 0.717) is 5.56 Å². The van der Waals surface area contributed by atoms with Crippen molar-refractivity contribution in [3.63, 3.8) is 0 Å². The van der Waals surface area contributed by atoms with Crippen LogP contribution in [0.1, 0.15) is 16.7 Å². The highest BCUT2D eigenvalue weighted by Gasteiger charge is 2.37. The normalized spacial score (nSPS) is 11.8. The molecule has 0 aliphatic heterocycles. The average molecular weight is 406 g/mol. The highest BCUT2D eigenvalue weighted by atomic mass is 19.4. The fourth-order valence-corrected chi connectivity index (χ4v) is 2.14. The van der Waals surface area contributed by atoms with Crippen LogP contribution >= 0.6 is 0 Å². The highest BCUT2D eigenvalue weighted by Crippen LogP contribution is 2.37. The number of phenolic OH excluding ortho intramolecular Hbond substituents is 1. The van der Waals surface area contributed by atoms with Crippen molar-refractivity contribution in [2.24, 2.45) is 0 Å². The lowest BCUT2D eigenvalue weighted by Crippen LogP contribution is -2.29. The number of hydrogen-bond acceptors (Lipinski definition) is 3. The number of carbonyl (C=O) groups excluding carboxylic acids is 2. The number of benzene rings is 2. The van der Waals surface area contributed by atoms with Gasteiger partial charge in [0.05, 0.1) is 16.8 Å². The van der Waals surface area contributed by atoms with Crippen molar-refractivity contribution >= 4 is 23.2 Å². The van der Waals surface area contributed by atoms with Gasteiger partial charge in [-0.15, -0.1) is 0 Å². The molecule has 150 valence electrons. The Balaban J connectivity index is 2.26. The largest absolute Gasteiger partial charge is 0.506 e. The predicted octanol–water partition coefficient (Wildman–Crippen LogP) is 4.32. The minimum atomic E-state index is -5.10. The third-order valence-corrected chi connectivity index (χ3v) is 3.45. The summed E-state index contributed by atoms with van der Waals surface area (Å²) in [4.78, 5) is 23.7. The Morgan fingerprint density at radius 2 is 1.32 bits per heavy atom. The smallest absolute Gasteiger partial charge is 0.416 e. The van der Waals surface area contributed by atoms with E-state index in [1.165, 1.54) is 18.2 Å². The number of carbonyl (C=O) groups is 2. The molecule has 0 atom stereocenters. The summed E-state index contributed by atoms with van der Waals surface area (Å²) in [5, 5.41) is 13.4. The Morgan fingerprint density at radius 3 is 1.79 bits per heavy atom. The predicted molar refractivity (Wildman–Crippen MR) is 86.5 cm³/mol. The Bertz CT molecular complexity index is 890. The Morgan fingerprint density at radius 1 is 0.821 bits per heavy atom. The van der Waals surface area contributed by atoms with Crippen LogP contribution in [0.2, 0.25) is 0 Å². The van der Waals surface area contributed by atoms with Crippen molar-refractivity contribution in [3.05, 3.63) is 53.1 Å². The van der Waals surface area contributed by atoms with Gasteiger partial charge in [0.25, 0.3) is 0 Å². The van der Waals surface area contributed by atoms with Crippen LogP contribution < -0.4 is 10.6 Å². The number of rotatable bonds is 2. The van der Waals surface area contributed by atoms with Gasteiger partial charge in [0.2, 0.25) is 0 Å². The molecule has 0 saturated carbocycles. The summed E-state index contributed by atoms with van der Waals surface area (Å²) < 4.78 is 76.9. The molecule has 0 aliphatic rings. The monoisotopic (exact) mass is 406 g/mol. The maximum Gasteiger partial charge on any atom is 0.416 e. The van der Waals surface area contributed by atoms with Gasteiger partial charge < -0.3 is 15.7 Å². The fourth-order valence-electron chi connectivity index (χ4n) is 2.14. The number of amides is 2. The highest BCUT2D eigenvalue weighted by molar-refractivity contribution is 6.43. The minimum absolute atomic E-state index is 0.111. The number of phenols is 1. The van der Waals surface area contributed by atoms with Crippen LogP contribution in [0, 0.1) is 6.92 Å². The third-order valence-electron chi connectivity index (χ3n) is 3.45. The molecule has 3 N–H and O–H groups in total. The van der Waals surface area contributed by atoms with E-state index in [2.05, 4.69) is 0 Å². The fraction of sp³-hybridized carbons (Fsp3) is 0.176. The van der Waals surface area contributed by atoms with Gasteiger partial charge >= 0.3 is 24.2 Å². The molecule has 0 aromatic heterocycles. The summed E-state index contributed by atoms with van der Waals surface area (Å²) in [6, 6.07) is 4.46. The zero-order chi connectivity index (χ0) is 21.3. The van der Waals surface area contributed by atoms with Gasteiger partial charge in [-0.1, -0.05) is 6.07 Å². The van der Waals surface area contributed by atoms with Crippen LogP contribution in [-0.4, -0.2) is 16.9 Å². The molecule has 2 amide bonds. The van der Waals surface area contributed by atoms with Gasteiger partial charge in [0, 0.05) is 5.69 Å². The Hall–Kier alpha value is -3.24. The Labute approximate surface area is 154 Å². The zero-order valence-corrected chi connectivity index (χ0v) is 14.0. The molecule has 5 nitrogen and oxygen atoms in total. The number of anilines is 2. The third kappa shape index (κ3) is 5.15. The maximum absolute atomic E-state index is 12.8. The lowest BCUT2D eigenvalue weighted by atomic mass is 10.1. The maximum atomic E-state index is 12.8. The number of nitrogens with one attached hydrogen (secondary N) is 2. The topological polar surface area (TPSA) is 78.4 Å². The van der Waals surface area contributed by atoms with E-state index in [0.717, 1.165) is 0 Å². The quantitative estimate of drug-likeness (QED) is 0.395. The van der Waals surface area contributed by atoms with Gasteiger partial charge in [-0.05, 0) is 42.8 Å². The molecule has 0 radical (unpaired) electrons. The Kier molecular flexibility index (Phi) is 5.57. The number of hydrogen-bond donors (Lipinski definition) is 3. The van der Waals surface area contributed by atoms with Crippen molar-refractivity contribution in [1.82, 2.24) is 0 Å². The van der Waals surface area contributed by atoms with Gasteiger partial charge in [0.1, 0.15) is 5.75 Å². The molecule has 0 bridgehead atoms. The molecule has 0 unspecified atom stereocenters.